The molecular formula is C11H10ClN3O3S. The number of H-pyrrole nitrogens is 1. The third-order valence-corrected chi connectivity index (χ3v) is 3.85. The molecule has 0 radical (unpaired) electrons. The lowest BCUT2D eigenvalue weighted by atomic mass is 10.2. The average molecular weight is 300 g/mol. The van der Waals surface area contributed by atoms with E-state index < -0.39 is 11.9 Å². The molecule has 1 amide bonds. The number of carboxylic acid groups (broad SMARTS) is 1. The predicted octanol–water partition coefficient (Wildman–Crippen LogP) is 2.31. The molecule has 2 aromatic heterocycles. The first-order chi connectivity index (χ1) is 8.99. The van der Waals surface area contributed by atoms with Gasteiger partial charge in [0.2, 0.25) is 0 Å². The Morgan fingerprint density at radius 3 is 2.84 bits per heavy atom. The summed E-state index contributed by atoms with van der Waals surface area (Å²) in [6, 6.07) is 3.27. The molecule has 0 saturated heterocycles. The minimum atomic E-state index is -1.23. The van der Waals surface area contributed by atoms with E-state index in [1.165, 1.54) is 17.7 Å². The second-order valence-electron chi connectivity index (χ2n) is 3.77. The van der Waals surface area contributed by atoms with Crippen molar-refractivity contribution < 1.29 is 14.7 Å². The number of rotatable bonds is 4. The fourth-order valence-electron chi connectivity index (χ4n) is 1.53. The van der Waals surface area contributed by atoms with Gasteiger partial charge in [0.25, 0.3) is 5.91 Å². The number of halogens is 1. The number of amides is 1. The summed E-state index contributed by atoms with van der Waals surface area (Å²) in [6.45, 7) is 1.78. The Balaban J connectivity index is 2.13. The molecule has 0 aliphatic carbocycles. The molecule has 1 atom stereocenters. The number of aromatic carboxylic acids is 1. The molecule has 0 bridgehead atoms. The van der Waals surface area contributed by atoms with Crippen LogP contribution in [0.5, 0.6) is 0 Å². The zero-order chi connectivity index (χ0) is 14.0. The molecule has 0 aliphatic heterocycles. The van der Waals surface area contributed by atoms with Crippen LogP contribution in [-0.4, -0.2) is 27.0 Å². The normalized spacial score (nSPS) is 12.1. The Bertz CT molecular complexity index is 622. The minimum absolute atomic E-state index is 0.137. The summed E-state index contributed by atoms with van der Waals surface area (Å²) in [6.07, 6.45) is 1.17. The van der Waals surface area contributed by atoms with Gasteiger partial charge >= 0.3 is 5.97 Å². The van der Waals surface area contributed by atoms with Gasteiger partial charge in [0.05, 0.1) is 16.7 Å². The molecule has 2 rings (SSSR count). The van der Waals surface area contributed by atoms with Gasteiger partial charge in [-0.05, 0) is 19.1 Å². The number of imidazole rings is 1. The van der Waals surface area contributed by atoms with Crippen molar-refractivity contribution in [3.63, 3.8) is 0 Å². The number of carbonyl (C=O) groups is 2. The largest absolute Gasteiger partial charge is 0.477 e. The number of hydrogen-bond acceptors (Lipinski definition) is 4. The maximum atomic E-state index is 11.9. The first-order valence-corrected chi connectivity index (χ1v) is 6.51. The highest BCUT2D eigenvalue weighted by Gasteiger charge is 2.21. The Labute approximate surface area is 117 Å². The number of carbonyl (C=O) groups excluding carboxylic acids is 1. The van der Waals surface area contributed by atoms with Gasteiger partial charge in [-0.3, -0.25) is 4.79 Å². The molecule has 8 heteroatoms. The summed E-state index contributed by atoms with van der Waals surface area (Å²) < 4.78 is 0.627. The molecule has 2 aromatic rings. The van der Waals surface area contributed by atoms with E-state index in [0.717, 1.165) is 4.88 Å². The lowest BCUT2D eigenvalue weighted by Crippen LogP contribution is -2.28. The van der Waals surface area contributed by atoms with Crippen LogP contribution < -0.4 is 5.32 Å². The summed E-state index contributed by atoms with van der Waals surface area (Å²) in [4.78, 5) is 29.8. The molecule has 3 N–H and O–H groups in total. The van der Waals surface area contributed by atoms with Crippen LogP contribution in [0, 0.1) is 0 Å². The highest BCUT2D eigenvalue weighted by atomic mass is 35.5. The molecule has 2 heterocycles. The summed E-state index contributed by atoms with van der Waals surface area (Å²) in [5.41, 5.74) is -0.365. The van der Waals surface area contributed by atoms with Gasteiger partial charge in [-0.25, -0.2) is 9.78 Å². The fourth-order valence-corrected chi connectivity index (χ4v) is 2.59. The van der Waals surface area contributed by atoms with Crippen molar-refractivity contribution in [3.05, 3.63) is 39.1 Å². The van der Waals surface area contributed by atoms with Crippen molar-refractivity contribution in [1.82, 2.24) is 15.3 Å². The van der Waals surface area contributed by atoms with Gasteiger partial charge < -0.3 is 15.4 Å². The maximum Gasteiger partial charge on any atom is 0.354 e. The lowest BCUT2D eigenvalue weighted by molar-refractivity contribution is 0.0684. The molecule has 0 fully saturated rings. The van der Waals surface area contributed by atoms with Crippen LogP contribution in [0.2, 0.25) is 4.34 Å². The number of thiophene rings is 1. The highest BCUT2D eigenvalue weighted by molar-refractivity contribution is 7.16. The summed E-state index contributed by atoms with van der Waals surface area (Å²) in [7, 11) is 0. The van der Waals surface area contributed by atoms with E-state index in [1.54, 1.807) is 19.1 Å². The molecule has 0 aliphatic rings. The van der Waals surface area contributed by atoms with Crippen molar-refractivity contribution in [1.29, 1.82) is 0 Å². The molecule has 0 spiro atoms. The summed E-state index contributed by atoms with van der Waals surface area (Å²) in [5.74, 6) is -1.77. The summed E-state index contributed by atoms with van der Waals surface area (Å²) >= 11 is 7.17. The minimum Gasteiger partial charge on any atom is -0.477 e. The Hall–Kier alpha value is -1.86. The van der Waals surface area contributed by atoms with E-state index in [4.69, 9.17) is 16.7 Å². The number of nitrogens with zero attached hydrogens (tertiary/aromatic N) is 1. The van der Waals surface area contributed by atoms with E-state index >= 15 is 0 Å². The molecule has 100 valence electrons. The number of aromatic nitrogens is 2. The third-order valence-electron chi connectivity index (χ3n) is 2.44. The first-order valence-electron chi connectivity index (χ1n) is 5.31. The summed E-state index contributed by atoms with van der Waals surface area (Å²) in [5, 5.41) is 11.6. The van der Waals surface area contributed by atoms with Crippen molar-refractivity contribution in [2.45, 2.75) is 13.0 Å². The van der Waals surface area contributed by atoms with Crippen LogP contribution in [0.1, 0.15) is 38.8 Å². The predicted molar refractivity (Wildman–Crippen MR) is 70.8 cm³/mol. The monoisotopic (exact) mass is 299 g/mol. The van der Waals surface area contributed by atoms with Gasteiger partial charge in [-0.15, -0.1) is 11.3 Å². The molecule has 1 unspecified atom stereocenters. The zero-order valence-corrected chi connectivity index (χ0v) is 11.4. The smallest absolute Gasteiger partial charge is 0.354 e. The standard InChI is InChI=1S/C11H10ClN3O3S/c1-5(6-2-3-7(12)19-6)15-10(16)8-9(11(17)18)14-4-13-8/h2-5H,1H3,(H,13,14)(H,15,16)(H,17,18). The van der Waals surface area contributed by atoms with E-state index in [9.17, 15) is 9.59 Å². The lowest BCUT2D eigenvalue weighted by Gasteiger charge is -2.11. The highest BCUT2D eigenvalue weighted by Crippen LogP contribution is 2.26. The second kappa shape index (κ2) is 5.41. The number of carboxylic acids is 1. The van der Waals surface area contributed by atoms with E-state index in [1.807, 2.05) is 0 Å². The number of nitrogens with one attached hydrogen (secondary N) is 2. The van der Waals surface area contributed by atoms with Crippen molar-refractivity contribution in [2.75, 3.05) is 0 Å². The number of hydrogen-bond donors (Lipinski definition) is 3. The Morgan fingerprint density at radius 2 is 2.26 bits per heavy atom. The zero-order valence-electron chi connectivity index (χ0n) is 9.81. The van der Waals surface area contributed by atoms with E-state index in [-0.39, 0.29) is 17.4 Å². The van der Waals surface area contributed by atoms with E-state index in [0.29, 0.717) is 4.34 Å². The van der Waals surface area contributed by atoms with Crippen LogP contribution >= 0.6 is 22.9 Å². The van der Waals surface area contributed by atoms with Gasteiger partial charge in [-0.2, -0.15) is 0 Å². The van der Waals surface area contributed by atoms with Gasteiger partial charge in [0.15, 0.2) is 11.4 Å². The van der Waals surface area contributed by atoms with Gasteiger partial charge in [-0.1, -0.05) is 11.6 Å². The molecular weight excluding hydrogens is 290 g/mol. The van der Waals surface area contributed by atoms with Crippen LogP contribution in [0.4, 0.5) is 0 Å². The quantitative estimate of drug-likeness (QED) is 0.807. The maximum absolute atomic E-state index is 11.9. The van der Waals surface area contributed by atoms with E-state index in [2.05, 4.69) is 15.3 Å². The van der Waals surface area contributed by atoms with Crippen molar-refractivity contribution in [2.24, 2.45) is 0 Å². The Morgan fingerprint density at radius 1 is 1.53 bits per heavy atom. The molecule has 0 aromatic carbocycles. The average Bonchev–Trinajstić information content (AvgIpc) is 2.96. The van der Waals surface area contributed by atoms with Crippen LogP contribution in [0.3, 0.4) is 0 Å². The van der Waals surface area contributed by atoms with Crippen molar-refractivity contribution >= 4 is 34.8 Å². The fraction of sp³-hybridized carbons (Fsp3) is 0.182. The SMILES string of the molecule is CC(NC(=O)c1nc[nH]c1C(=O)O)c1ccc(Cl)s1. The topological polar surface area (TPSA) is 95.1 Å². The molecule has 0 saturated carbocycles. The van der Waals surface area contributed by atoms with Crippen LogP contribution in [-0.2, 0) is 0 Å². The first kappa shape index (κ1) is 13.6. The second-order valence-corrected chi connectivity index (χ2v) is 5.51. The van der Waals surface area contributed by atoms with Crippen LogP contribution in [0.15, 0.2) is 18.5 Å². The third kappa shape index (κ3) is 2.94. The number of aromatic amines is 1. The van der Waals surface area contributed by atoms with Gasteiger partial charge in [0, 0.05) is 4.88 Å². The van der Waals surface area contributed by atoms with Gasteiger partial charge in [0.1, 0.15) is 0 Å². The molecule has 19 heavy (non-hydrogen) atoms. The van der Waals surface area contributed by atoms with Crippen LogP contribution in [0.25, 0.3) is 0 Å². The molecule has 6 nitrogen and oxygen atoms in total. The Kier molecular flexibility index (Phi) is 3.87. The van der Waals surface area contributed by atoms with Crippen molar-refractivity contribution in [3.8, 4) is 0 Å².